The molecule has 0 saturated carbocycles. The number of sulfonamides is 1. The maximum absolute atomic E-state index is 13.1. The summed E-state index contributed by atoms with van der Waals surface area (Å²) in [6, 6.07) is 10.5. The molecule has 1 aliphatic rings. The molecule has 3 rings (SSSR count). The van der Waals surface area contributed by atoms with Crippen molar-refractivity contribution in [1.82, 2.24) is 9.62 Å². The van der Waals surface area contributed by atoms with Crippen molar-refractivity contribution < 1.29 is 22.7 Å². The summed E-state index contributed by atoms with van der Waals surface area (Å²) in [7, 11) is -3.73. The minimum atomic E-state index is -3.73. The number of morpholine rings is 1. The molecule has 11 heteroatoms. The number of amides is 2. The van der Waals surface area contributed by atoms with Crippen LogP contribution in [0.2, 0.25) is 5.02 Å². The van der Waals surface area contributed by atoms with Gasteiger partial charge in [-0.2, -0.15) is 16.1 Å². The van der Waals surface area contributed by atoms with Crippen LogP contribution in [0.15, 0.2) is 47.4 Å². The largest absolute Gasteiger partial charge is 0.379 e. The van der Waals surface area contributed by atoms with E-state index in [0.29, 0.717) is 41.7 Å². The van der Waals surface area contributed by atoms with Gasteiger partial charge in [-0.3, -0.25) is 9.59 Å². The summed E-state index contributed by atoms with van der Waals surface area (Å²) in [5.74, 6) is -0.245. The maximum atomic E-state index is 13.1. The summed E-state index contributed by atoms with van der Waals surface area (Å²) < 4.78 is 32.9. The highest BCUT2D eigenvalue weighted by molar-refractivity contribution is 7.98. The normalized spacial score (nSPS) is 15.5. The highest BCUT2D eigenvalue weighted by atomic mass is 35.5. The molecule has 34 heavy (non-hydrogen) atoms. The van der Waals surface area contributed by atoms with Gasteiger partial charge in [0.25, 0.3) is 5.91 Å². The predicted molar refractivity (Wildman–Crippen MR) is 135 cm³/mol. The Balaban J connectivity index is 1.79. The topological polar surface area (TPSA) is 105 Å². The Morgan fingerprint density at radius 3 is 2.56 bits per heavy atom. The number of thioether (sulfide) groups is 1. The summed E-state index contributed by atoms with van der Waals surface area (Å²) in [4.78, 5) is 25.9. The molecular weight excluding hydrogens is 498 g/mol. The van der Waals surface area contributed by atoms with Crippen LogP contribution < -0.4 is 10.6 Å². The number of nitrogens with one attached hydrogen (secondary N) is 2. The minimum absolute atomic E-state index is 0.132. The third-order valence-corrected chi connectivity index (χ3v) is 8.41. The van der Waals surface area contributed by atoms with E-state index < -0.39 is 27.9 Å². The molecular formula is C23H28ClN3O5S2. The average molecular weight is 526 g/mol. The minimum Gasteiger partial charge on any atom is -0.379 e. The van der Waals surface area contributed by atoms with Gasteiger partial charge >= 0.3 is 0 Å². The van der Waals surface area contributed by atoms with Gasteiger partial charge < -0.3 is 15.4 Å². The Kier molecular flexibility index (Phi) is 9.38. The van der Waals surface area contributed by atoms with Crippen LogP contribution in [0.5, 0.6) is 0 Å². The molecule has 1 heterocycles. The molecule has 8 nitrogen and oxygen atoms in total. The van der Waals surface area contributed by atoms with Crippen LogP contribution in [0.3, 0.4) is 0 Å². The van der Waals surface area contributed by atoms with Gasteiger partial charge in [0.05, 0.1) is 28.7 Å². The van der Waals surface area contributed by atoms with Crippen molar-refractivity contribution in [3.8, 4) is 0 Å². The smallest absolute Gasteiger partial charge is 0.253 e. The van der Waals surface area contributed by atoms with Crippen molar-refractivity contribution in [1.29, 1.82) is 0 Å². The molecule has 2 aromatic carbocycles. The second-order valence-corrected chi connectivity index (χ2v) is 11.1. The molecule has 2 amide bonds. The Morgan fingerprint density at radius 1 is 1.18 bits per heavy atom. The van der Waals surface area contributed by atoms with Crippen molar-refractivity contribution in [2.75, 3.05) is 43.6 Å². The number of rotatable bonds is 9. The molecule has 0 spiro atoms. The molecule has 1 atom stereocenters. The zero-order valence-electron chi connectivity index (χ0n) is 19.0. The predicted octanol–water partition coefficient (Wildman–Crippen LogP) is 3.16. The molecule has 0 bridgehead atoms. The van der Waals surface area contributed by atoms with E-state index in [0.717, 1.165) is 0 Å². The lowest BCUT2D eigenvalue weighted by molar-refractivity contribution is -0.118. The molecule has 1 aliphatic heterocycles. The molecule has 2 aromatic rings. The Bertz CT molecular complexity index is 1140. The number of hydrogen-bond donors (Lipinski definition) is 2. The average Bonchev–Trinajstić information content (AvgIpc) is 2.83. The van der Waals surface area contributed by atoms with Crippen LogP contribution in [-0.2, 0) is 19.6 Å². The lowest BCUT2D eigenvalue weighted by Crippen LogP contribution is -2.44. The van der Waals surface area contributed by atoms with E-state index in [2.05, 4.69) is 10.6 Å². The number of aryl methyl sites for hydroxylation is 1. The molecule has 0 unspecified atom stereocenters. The van der Waals surface area contributed by atoms with E-state index >= 15 is 0 Å². The van der Waals surface area contributed by atoms with Crippen molar-refractivity contribution >= 4 is 50.9 Å². The van der Waals surface area contributed by atoms with Gasteiger partial charge in [0.1, 0.15) is 6.04 Å². The Morgan fingerprint density at radius 2 is 1.88 bits per heavy atom. The third-order valence-electron chi connectivity index (χ3n) is 5.39. The summed E-state index contributed by atoms with van der Waals surface area (Å²) in [6.45, 7) is 2.96. The van der Waals surface area contributed by atoms with Crippen LogP contribution in [0.25, 0.3) is 0 Å². The summed E-state index contributed by atoms with van der Waals surface area (Å²) in [6.07, 6.45) is 2.31. The zero-order chi connectivity index (χ0) is 24.7. The van der Waals surface area contributed by atoms with Crippen molar-refractivity contribution in [3.05, 3.63) is 58.6 Å². The second-order valence-electron chi connectivity index (χ2n) is 7.77. The molecule has 1 fully saturated rings. The Hall–Kier alpha value is -2.11. The fourth-order valence-electron chi connectivity index (χ4n) is 3.50. The van der Waals surface area contributed by atoms with E-state index in [1.165, 1.54) is 10.4 Å². The van der Waals surface area contributed by atoms with Crippen LogP contribution in [0, 0.1) is 6.92 Å². The fraction of sp³-hybridized carbons (Fsp3) is 0.391. The number of nitrogens with zero attached hydrogens (tertiary/aromatic N) is 1. The first kappa shape index (κ1) is 26.5. The van der Waals surface area contributed by atoms with Crippen LogP contribution >= 0.6 is 23.4 Å². The van der Waals surface area contributed by atoms with Gasteiger partial charge in [0.15, 0.2) is 0 Å². The highest BCUT2D eigenvalue weighted by Crippen LogP contribution is 2.25. The number of benzene rings is 2. The van der Waals surface area contributed by atoms with E-state index in [1.807, 2.05) is 6.26 Å². The van der Waals surface area contributed by atoms with Crippen LogP contribution in [0.1, 0.15) is 22.3 Å². The van der Waals surface area contributed by atoms with Gasteiger partial charge in [-0.1, -0.05) is 29.8 Å². The SMILES string of the molecule is CSCC[C@@H](NC(=O)c1ccccc1Cl)C(=O)Nc1ccc(C)c(S(=O)(=O)N2CCOCC2)c1. The maximum Gasteiger partial charge on any atom is 0.253 e. The van der Waals surface area contributed by atoms with E-state index in [9.17, 15) is 18.0 Å². The highest BCUT2D eigenvalue weighted by Gasteiger charge is 2.28. The van der Waals surface area contributed by atoms with Crippen molar-refractivity contribution in [2.24, 2.45) is 0 Å². The summed E-state index contributed by atoms with van der Waals surface area (Å²) in [5.41, 5.74) is 1.19. The number of anilines is 1. The van der Waals surface area contributed by atoms with Crippen molar-refractivity contribution in [2.45, 2.75) is 24.3 Å². The van der Waals surface area contributed by atoms with Gasteiger partial charge in [-0.05, 0) is 55.2 Å². The summed E-state index contributed by atoms with van der Waals surface area (Å²) >= 11 is 7.67. The monoisotopic (exact) mass is 525 g/mol. The molecule has 0 aromatic heterocycles. The lowest BCUT2D eigenvalue weighted by atomic mass is 10.1. The van der Waals surface area contributed by atoms with Crippen molar-refractivity contribution in [3.63, 3.8) is 0 Å². The molecule has 0 radical (unpaired) electrons. The number of carbonyl (C=O) groups is 2. The Labute approximate surface area is 209 Å². The number of halogens is 1. The van der Waals surface area contributed by atoms with Gasteiger partial charge in [0.2, 0.25) is 15.9 Å². The molecule has 184 valence electrons. The first-order chi connectivity index (χ1) is 16.2. The van der Waals surface area contributed by atoms with Gasteiger partial charge in [0, 0.05) is 18.8 Å². The molecule has 2 N–H and O–H groups in total. The number of carbonyl (C=O) groups excluding carboxylic acids is 2. The van der Waals surface area contributed by atoms with Crippen LogP contribution in [-0.4, -0.2) is 68.9 Å². The van der Waals surface area contributed by atoms with Gasteiger partial charge in [-0.25, -0.2) is 8.42 Å². The van der Waals surface area contributed by atoms with E-state index in [4.69, 9.17) is 16.3 Å². The zero-order valence-corrected chi connectivity index (χ0v) is 21.4. The van der Waals surface area contributed by atoms with E-state index in [-0.39, 0.29) is 23.5 Å². The fourth-order valence-corrected chi connectivity index (χ4v) is 5.85. The second kappa shape index (κ2) is 12.0. The quantitative estimate of drug-likeness (QED) is 0.521. The van der Waals surface area contributed by atoms with Crippen LogP contribution in [0.4, 0.5) is 5.69 Å². The third kappa shape index (κ3) is 6.51. The molecule has 0 aliphatic carbocycles. The van der Waals surface area contributed by atoms with Gasteiger partial charge in [-0.15, -0.1) is 0 Å². The number of ether oxygens (including phenoxy) is 1. The standard InChI is InChI=1S/C23H28ClN3O5S2/c1-16-7-8-17(15-21(16)34(30,31)27-10-12-32-13-11-27)25-23(29)20(9-14-33-2)26-22(28)18-5-3-4-6-19(18)24/h3-8,15,20H,9-14H2,1-2H3,(H,25,29)(H,26,28)/t20-/m1/s1. The van der Waals surface area contributed by atoms with E-state index in [1.54, 1.807) is 55.1 Å². The first-order valence-electron chi connectivity index (χ1n) is 10.8. The number of hydrogen-bond acceptors (Lipinski definition) is 6. The molecule has 1 saturated heterocycles. The summed E-state index contributed by atoms with van der Waals surface area (Å²) in [5, 5.41) is 5.80. The lowest BCUT2D eigenvalue weighted by Gasteiger charge is -2.27. The first-order valence-corrected chi connectivity index (χ1v) is 14.0.